The smallest absolute Gasteiger partial charge is 0.336 e. The molecular formula is C28H17Cl3N2O2. The van der Waals surface area contributed by atoms with Crippen LogP contribution in [0.25, 0.3) is 39.4 Å². The molecule has 0 bridgehead atoms. The summed E-state index contributed by atoms with van der Waals surface area (Å²) in [6.07, 6.45) is 1.52. The number of carboxylic acid groups (broad SMARTS) is 1. The van der Waals surface area contributed by atoms with Gasteiger partial charge in [0.05, 0.1) is 27.7 Å². The van der Waals surface area contributed by atoms with E-state index in [4.69, 9.17) is 39.9 Å². The maximum Gasteiger partial charge on any atom is 0.336 e. The Hall–Kier alpha value is -3.57. The maximum atomic E-state index is 12.1. The van der Waals surface area contributed by atoms with Crippen molar-refractivity contribution in [2.75, 3.05) is 0 Å². The minimum atomic E-state index is -1.09. The molecule has 5 aromatic rings. The fourth-order valence-corrected chi connectivity index (χ4v) is 4.48. The van der Waals surface area contributed by atoms with Crippen LogP contribution in [0.3, 0.4) is 0 Å². The molecule has 0 amide bonds. The van der Waals surface area contributed by atoms with E-state index in [0.717, 1.165) is 22.0 Å². The van der Waals surface area contributed by atoms with Crippen LogP contribution in [-0.4, -0.2) is 20.9 Å². The number of fused-ring (bicyclic) bond motifs is 1. The Balaban J connectivity index is 1.73. The highest BCUT2D eigenvalue weighted by Crippen LogP contribution is 2.32. The van der Waals surface area contributed by atoms with Crippen LogP contribution >= 0.6 is 34.8 Å². The van der Waals surface area contributed by atoms with Gasteiger partial charge in [-0.25, -0.2) is 9.48 Å². The molecule has 1 N–H and O–H groups in total. The van der Waals surface area contributed by atoms with Crippen LogP contribution in [0, 0.1) is 0 Å². The standard InChI is InChI=1S/C28H17Cl3N2O2/c29-21-7-3-6-19(13-21)24(28(34)35)15-23-16-26(20-9-8-17-4-1-2-5-18(17)12-20)33(32-23)27-14-22(30)10-11-25(27)31/h1-16H,(H,34,35). The van der Waals surface area contributed by atoms with Gasteiger partial charge in [0.25, 0.3) is 0 Å². The summed E-state index contributed by atoms with van der Waals surface area (Å²) in [6.45, 7) is 0. The zero-order chi connectivity index (χ0) is 24.5. The normalized spacial score (nSPS) is 11.7. The fraction of sp³-hybridized carbons (Fsp3) is 0. The number of hydrogen-bond acceptors (Lipinski definition) is 2. The van der Waals surface area contributed by atoms with Crippen LogP contribution in [0.2, 0.25) is 15.1 Å². The Morgan fingerprint density at radius 1 is 0.800 bits per heavy atom. The van der Waals surface area contributed by atoms with Crippen molar-refractivity contribution < 1.29 is 9.90 Å². The molecule has 0 aliphatic rings. The lowest BCUT2D eigenvalue weighted by Gasteiger charge is -2.10. The predicted octanol–water partition coefficient (Wildman–Crippen LogP) is 8.28. The molecule has 0 saturated heterocycles. The van der Waals surface area contributed by atoms with Crippen molar-refractivity contribution in [3.8, 4) is 16.9 Å². The first-order valence-electron chi connectivity index (χ1n) is 10.6. The highest BCUT2D eigenvalue weighted by molar-refractivity contribution is 6.34. The molecule has 1 heterocycles. The van der Waals surface area contributed by atoms with Crippen molar-refractivity contribution >= 4 is 63.2 Å². The van der Waals surface area contributed by atoms with Crippen LogP contribution in [0.1, 0.15) is 11.3 Å². The largest absolute Gasteiger partial charge is 0.478 e. The lowest BCUT2D eigenvalue weighted by molar-refractivity contribution is -0.130. The molecule has 0 fully saturated rings. The van der Waals surface area contributed by atoms with Crippen molar-refractivity contribution in [1.82, 2.24) is 9.78 Å². The molecule has 0 spiro atoms. The van der Waals surface area contributed by atoms with E-state index in [1.807, 2.05) is 42.5 Å². The number of nitrogens with zero attached hydrogens (tertiary/aromatic N) is 2. The summed E-state index contributed by atoms with van der Waals surface area (Å²) >= 11 is 18.9. The topological polar surface area (TPSA) is 55.1 Å². The average molecular weight is 520 g/mol. The van der Waals surface area contributed by atoms with E-state index >= 15 is 0 Å². The quantitative estimate of drug-likeness (QED) is 0.238. The third-order valence-electron chi connectivity index (χ3n) is 5.57. The second-order valence-electron chi connectivity index (χ2n) is 7.90. The molecule has 0 unspecified atom stereocenters. The van der Waals surface area contributed by atoms with Crippen molar-refractivity contribution in [3.63, 3.8) is 0 Å². The van der Waals surface area contributed by atoms with E-state index in [1.54, 1.807) is 47.1 Å². The molecule has 172 valence electrons. The summed E-state index contributed by atoms with van der Waals surface area (Å²) in [5, 5.41) is 18.2. The number of hydrogen-bond donors (Lipinski definition) is 1. The number of aliphatic carboxylic acids is 1. The van der Waals surface area contributed by atoms with Gasteiger partial charge in [0, 0.05) is 15.6 Å². The Labute approximate surface area is 216 Å². The van der Waals surface area contributed by atoms with E-state index in [9.17, 15) is 9.90 Å². The number of aromatic nitrogens is 2. The molecule has 0 atom stereocenters. The Kier molecular flexibility index (Phi) is 6.35. The second kappa shape index (κ2) is 9.59. The van der Waals surface area contributed by atoms with E-state index in [2.05, 4.69) is 6.07 Å². The van der Waals surface area contributed by atoms with Gasteiger partial charge in [0.2, 0.25) is 0 Å². The fourth-order valence-electron chi connectivity index (χ4n) is 3.93. The van der Waals surface area contributed by atoms with Crippen LogP contribution in [0.15, 0.2) is 91.0 Å². The first-order chi connectivity index (χ1) is 16.9. The predicted molar refractivity (Wildman–Crippen MR) is 143 cm³/mol. The Morgan fingerprint density at radius 3 is 2.34 bits per heavy atom. The molecule has 35 heavy (non-hydrogen) atoms. The molecule has 4 aromatic carbocycles. The highest BCUT2D eigenvalue weighted by atomic mass is 35.5. The molecular weight excluding hydrogens is 503 g/mol. The van der Waals surface area contributed by atoms with E-state index in [0.29, 0.717) is 32.0 Å². The summed E-state index contributed by atoms with van der Waals surface area (Å²) in [5.41, 5.74) is 3.21. The first-order valence-corrected chi connectivity index (χ1v) is 11.8. The van der Waals surface area contributed by atoms with Crippen LogP contribution in [-0.2, 0) is 4.79 Å². The number of benzene rings is 4. The van der Waals surface area contributed by atoms with Gasteiger partial charge < -0.3 is 5.11 Å². The highest BCUT2D eigenvalue weighted by Gasteiger charge is 2.17. The van der Waals surface area contributed by atoms with Gasteiger partial charge >= 0.3 is 5.97 Å². The third kappa shape index (κ3) is 4.82. The van der Waals surface area contributed by atoms with Gasteiger partial charge in [-0.2, -0.15) is 5.10 Å². The number of halogens is 3. The minimum absolute atomic E-state index is 0.0689. The summed E-state index contributed by atoms with van der Waals surface area (Å²) in [6, 6.07) is 27.8. The van der Waals surface area contributed by atoms with E-state index in [1.165, 1.54) is 6.08 Å². The molecule has 0 aliphatic heterocycles. The molecule has 5 rings (SSSR count). The third-order valence-corrected chi connectivity index (χ3v) is 6.36. The second-order valence-corrected chi connectivity index (χ2v) is 9.18. The SMILES string of the molecule is O=C(O)C(=Cc1cc(-c2ccc3ccccc3c2)n(-c2cc(Cl)ccc2Cl)n1)c1cccc(Cl)c1. The summed E-state index contributed by atoms with van der Waals surface area (Å²) in [4.78, 5) is 12.1. The zero-order valence-electron chi connectivity index (χ0n) is 18.1. The van der Waals surface area contributed by atoms with Crippen molar-refractivity contribution in [2.45, 2.75) is 0 Å². The maximum absolute atomic E-state index is 12.1. The first kappa shape index (κ1) is 23.2. The zero-order valence-corrected chi connectivity index (χ0v) is 20.4. The van der Waals surface area contributed by atoms with Crippen LogP contribution in [0.5, 0.6) is 0 Å². The molecule has 1 aromatic heterocycles. The monoisotopic (exact) mass is 518 g/mol. The van der Waals surface area contributed by atoms with Gasteiger partial charge in [-0.05, 0) is 64.9 Å². The molecule has 7 heteroatoms. The number of rotatable bonds is 5. The summed E-state index contributed by atoms with van der Waals surface area (Å²) in [5.74, 6) is -1.09. The van der Waals surface area contributed by atoms with Crippen molar-refractivity contribution in [1.29, 1.82) is 0 Å². The van der Waals surface area contributed by atoms with Gasteiger partial charge in [-0.15, -0.1) is 0 Å². The van der Waals surface area contributed by atoms with Crippen LogP contribution < -0.4 is 0 Å². The Bertz CT molecular complexity index is 1620. The van der Waals surface area contributed by atoms with Gasteiger partial charge in [-0.3, -0.25) is 0 Å². The minimum Gasteiger partial charge on any atom is -0.478 e. The van der Waals surface area contributed by atoms with Gasteiger partial charge in [0.15, 0.2) is 0 Å². The number of carbonyl (C=O) groups is 1. The van der Waals surface area contributed by atoms with Crippen molar-refractivity contribution in [2.24, 2.45) is 0 Å². The van der Waals surface area contributed by atoms with Crippen LogP contribution in [0.4, 0.5) is 0 Å². The Morgan fingerprint density at radius 2 is 1.57 bits per heavy atom. The molecule has 0 radical (unpaired) electrons. The summed E-state index contributed by atoms with van der Waals surface area (Å²) < 4.78 is 1.68. The van der Waals surface area contributed by atoms with Crippen molar-refractivity contribution in [3.05, 3.63) is 117 Å². The van der Waals surface area contributed by atoms with Gasteiger partial charge in [0.1, 0.15) is 0 Å². The van der Waals surface area contributed by atoms with Gasteiger partial charge in [-0.1, -0.05) is 83.3 Å². The lowest BCUT2D eigenvalue weighted by Crippen LogP contribution is -2.01. The molecule has 4 nitrogen and oxygen atoms in total. The van der Waals surface area contributed by atoms with E-state index < -0.39 is 5.97 Å². The summed E-state index contributed by atoms with van der Waals surface area (Å²) in [7, 11) is 0. The molecule has 0 saturated carbocycles. The lowest BCUT2D eigenvalue weighted by atomic mass is 10.0. The average Bonchev–Trinajstić information content (AvgIpc) is 3.27. The molecule has 0 aliphatic carbocycles. The number of carboxylic acids is 1. The van der Waals surface area contributed by atoms with E-state index in [-0.39, 0.29) is 5.57 Å².